The number of carbonyl (C=O) groups excluding carboxylic acids is 1. The van der Waals surface area contributed by atoms with Gasteiger partial charge in [0.2, 0.25) is 0 Å². The van der Waals surface area contributed by atoms with Gasteiger partial charge >= 0.3 is 0 Å². The third kappa shape index (κ3) is 3.36. The largest absolute Gasteiger partial charge is 0.384 e. The molecule has 1 heterocycles. The predicted molar refractivity (Wildman–Crippen MR) is 72.8 cm³/mol. The smallest absolute Gasteiger partial charge is 0.296 e. The lowest BCUT2D eigenvalue weighted by molar-refractivity contribution is -0.115. The molecule has 0 radical (unpaired) electrons. The molecular weight excluding hydrogens is 240 g/mol. The lowest BCUT2D eigenvalue weighted by Gasteiger charge is -2.00. The molecule has 5 heteroatoms. The Bertz CT molecular complexity index is 634. The number of rotatable bonds is 2. The van der Waals surface area contributed by atoms with Gasteiger partial charge in [0.1, 0.15) is 5.82 Å². The van der Waals surface area contributed by atoms with Gasteiger partial charge in [-0.2, -0.15) is 5.10 Å². The van der Waals surface area contributed by atoms with Crippen molar-refractivity contribution in [3.05, 3.63) is 47.7 Å². The standard InChI is InChI=1S/C14H14N4O/c1-18-14(15)12(10-17-18)9-16-13(19)8-7-11-5-3-2-4-6-11/h2-6,10H,9,15H2,1H3,(H,16,19). The third-order valence-corrected chi connectivity index (χ3v) is 2.60. The van der Waals surface area contributed by atoms with E-state index in [-0.39, 0.29) is 5.91 Å². The highest BCUT2D eigenvalue weighted by atomic mass is 16.1. The summed E-state index contributed by atoms with van der Waals surface area (Å²) in [4.78, 5) is 11.6. The second-order valence-electron chi connectivity index (χ2n) is 3.98. The molecule has 19 heavy (non-hydrogen) atoms. The van der Waals surface area contributed by atoms with Crippen molar-refractivity contribution in [2.24, 2.45) is 7.05 Å². The van der Waals surface area contributed by atoms with E-state index in [4.69, 9.17) is 5.73 Å². The Kier molecular flexibility index (Phi) is 3.84. The highest BCUT2D eigenvalue weighted by Crippen LogP contribution is 2.07. The first-order chi connectivity index (χ1) is 9.16. The zero-order valence-corrected chi connectivity index (χ0v) is 10.6. The number of amides is 1. The molecule has 1 amide bonds. The second kappa shape index (κ2) is 5.74. The van der Waals surface area contributed by atoms with Gasteiger partial charge in [0, 0.05) is 30.6 Å². The number of aromatic nitrogens is 2. The van der Waals surface area contributed by atoms with Crippen molar-refractivity contribution in [2.75, 3.05) is 5.73 Å². The fourth-order valence-electron chi connectivity index (χ4n) is 1.50. The normalized spacial score (nSPS) is 9.53. The van der Waals surface area contributed by atoms with Crippen LogP contribution in [0, 0.1) is 11.8 Å². The van der Waals surface area contributed by atoms with Crippen molar-refractivity contribution in [1.82, 2.24) is 15.1 Å². The highest BCUT2D eigenvalue weighted by Gasteiger charge is 2.05. The van der Waals surface area contributed by atoms with E-state index in [9.17, 15) is 4.79 Å². The number of hydrogen-bond donors (Lipinski definition) is 2. The molecule has 3 N–H and O–H groups in total. The van der Waals surface area contributed by atoms with Crippen LogP contribution < -0.4 is 11.1 Å². The fraction of sp³-hybridized carbons (Fsp3) is 0.143. The number of nitrogens with zero attached hydrogens (tertiary/aromatic N) is 2. The minimum Gasteiger partial charge on any atom is -0.384 e. The fourth-order valence-corrected chi connectivity index (χ4v) is 1.50. The predicted octanol–water partition coefficient (Wildman–Crippen LogP) is 0.670. The van der Waals surface area contributed by atoms with Crippen LogP contribution in [0.3, 0.4) is 0 Å². The Morgan fingerprint density at radius 3 is 2.79 bits per heavy atom. The summed E-state index contributed by atoms with van der Waals surface area (Å²) in [6, 6.07) is 9.34. The van der Waals surface area contributed by atoms with Crippen LogP contribution in [0.5, 0.6) is 0 Å². The van der Waals surface area contributed by atoms with Crippen molar-refractivity contribution < 1.29 is 4.79 Å². The molecule has 2 rings (SSSR count). The van der Waals surface area contributed by atoms with Crippen LogP contribution in [0.1, 0.15) is 11.1 Å². The number of nitrogens with one attached hydrogen (secondary N) is 1. The molecule has 0 aliphatic heterocycles. The number of hydrogen-bond acceptors (Lipinski definition) is 3. The van der Waals surface area contributed by atoms with Crippen molar-refractivity contribution >= 4 is 11.7 Å². The number of anilines is 1. The Morgan fingerprint density at radius 1 is 1.42 bits per heavy atom. The van der Waals surface area contributed by atoms with Gasteiger partial charge in [-0.15, -0.1) is 0 Å². The van der Waals surface area contributed by atoms with Gasteiger partial charge in [-0.25, -0.2) is 0 Å². The molecule has 5 nitrogen and oxygen atoms in total. The van der Waals surface area contributed by atoms with E-state index < -0.39 is 0 Å². The molecule has 2 aromatic rings. The molecule has 0 unspecified atom stereocenters. The van der Waals surface area contributed by atoms with Gasteiger partial charge in [0.05, 0.1) is 6.20 Å². The molecule has 0 saturated carbocycles. The minimum absolute atomic E-state index is 0.321. The molecule has 0 spiro atoms. The van der Waals surface area contributed by atoms with Gasteiger partial charge in [0.25, 0.3) is 5.91 Å². The quantitative estimate of drug-likeness (QED) is 0.774. The Morgan fingerprint density at radius 2 is 2.16 bits per heavy atom. The molecule has 0 atom stereocenters. The Balaban J connectivity index is 1.93. The summed E-state index contributed by atoms with van der Waals surface area (Å²) < 4.78 is 1.55. The third-order valence-electron chi connectivity index (χ3n) is 2.60. The van der Waals surface area contributed by atoms with Crippen LogP contribution in [-0.4, -0.2) is 15.7 Å². The van der Waals surface area contributed by atoms with Gasteiger partial charge in [-0.1, -0.05) is 24.1 Å². The lowest BCUT2D eigenvalue weighted by Crippen LogP contribution is -2.21. The monoisotopic (exact) mass is 254 g/mol. The van der Waals surface area contributed by atoms with Crippen molar-refractivity contribution in [2.45, 2.75) is 6.54 Å². The van der Waals surface area contributed by atoms with E-state index >= 15 is 0 Å². The van der Waals surface area contributed by atoms with Crippen LogP contribution in [0.2, 0.25) is 0 Å². The maximum Gasteiger partial charge on any atom is 0.296 e. The summed E-state index contributed by atoms with van der Waals surface area (Å²) in [6.07, 6.45) is 1.63. The number of aryl methyl sites for hydroxylation is 1. The average molecular weight is 254 g/mol. The maximum atomic E-state index is 11.6. The summed E-state index contributed by atoms with van der Waals surface area (Å²) in [7, 11) is 1.75. The molecule has 0 aliphatic rings. The van der Waals surface area contributed by atoms with Crippen LogP contribution in [-0.2, 0) is 18.4 Å². The van der Waals surface area contributed by atoms with Crippen LogP contribution in [0.4, 0.5) is 5.82 Å². The Labute approximate surface area is 111 Å². The summed E-state index contributed by atoms with van der Waals surface area (Å²) in [5, 5.41) is 6.67. The first-order valence-corrected chi connectivity index (χ1v) is 5.78. The first kappa shape index (κ1) is 12.7. The van der Waals surface area contributed by atoms with Crippen molar-refractivity contribution in [1.29, 1.82) is 0 Å². The van der Waals surface area contributed by atoms with Gasteiger partial charge in [-0.05, 0) is 12.1 Å². The number of nitrogens with two attached hydrogens (primary N) is 1. The maximum absolute atomic E-state index is 11.6. The average Bonchev–Trinajstić information content (AvgIpc) is 2.75. The van der Waals surface area contributed by atoms with Gasteiger partial charge < -0.3 is 11.1 Å². The van der Waals surface area contributed by atoms with Gasteiger partial charge in [-0.3, -0.25) is 9.48 Å². The molecule has 1 aromatic heterocycles. The van der Waals surface area contributed by atoms with Crippen molar-refractivity contribution in [3.8, 4) is 11.8 Å². The molecule has 0 fully saturated rings. The topological polar surface area (TPSA) is 72.9 Å². The summed E-state index contributed by atoms with van der Waals surface area (Å²) in [5.74, 6) is 5.51. The molecule has 1 aromatic carbocycles. The molecular formula is C14H14N4O. The number of benzene rings is 1. The lowest BCUT2D eigenvalue weighted by atomic mass is 10.2. The van der Waals surface area contributed by atoms with Gasteiger partial charge in [0.15, 0.2) is 0 Å². The van der Waals surface area contributed by atoms with E-state index in [2.05, 4.69) is 22.3 Å². The summed E-state index contributed by atoms with van der Waals surface area (Å²) >= 11 is 0. The highest BCUT2D eigenvalue weighted by molar-refractivity contribution is 5.94. The summed E-state index contributed by atoms with van der Waals surface area (Å²) in [6.45, 7) is 0.321. The van der Waals surface area contributed by atoms with Crippen LogP contribution in [0.25, 0.3) is 0 Å². The molecule has 0 saturated heterocycles. The zero-order chi connectivity index (χ0) is 13.7. The number of carbonyl (C=O) groups is 1. The Hall–Kier alpha value is -2.74. The number of nitrogen functional groups attached to an aromatic ring is 1. The SMILES string of the molecule is Cn1ncc(CNC(=O)C#Cc2ccccc2)c1N. The molecule has 0 aliphatic carbocycles. The second-order valence-corrected chi connectivity index (χ2v) is 3.98. The molecule has 96 valence electrons. The van der Waals surface area contributed by atoms with E-state index in [0.717, 1.165) is 11.1 Å². The zero-order valence-electron chi connectivity index (χ0n) is 10.6. The van der Waals surface area contributed by atoms with E-state index in [0.29, 0.717) is 12.4 Å². The molecule has 0 bridgehead atoms. The van der Waals surface area contributed by atoms with E-state index in [1.165, 1.54) is 0 Å². The minimum atomic E-state index is -0.341. The van der Waals surface area contributed by atoms with Crippen LogP contribution >= 0.6 is 0 Å². The van der Waals surface area contributed by atoms with Crippen LogP contribution in [0.15, 0.2) is 36.5 Å². The summed E-state index contributed by atoms with van der Waals surface area (Å²) in [5.41, 5.74) is 7.35. The van der Waals surface area contributed by atoms with E-state index in [1.807, 2.05) is 30.3 Å². The first-order valence-electron chi connectivity index (χ1n) is 5.78. The van der Waals surface area contributed by atoms with Crippen molar-refractivity contribution in [3.63, 3.8) is 0 Å². The van der Waals surface area contributed by atoms with E-state index in [1.54, 1.807) is 17.9 Å².